The van der Waals surface area contributed by atoms with Gasteiger partial charge < -0.3 is 4.74 Å². The first-order chi connectivity index (χ1) is 15.6. The maximum Gasteiger partial charge on any atom is 0.119 e. The molecule has 0 aliphatic heterocycles. The van der Waals surface area contributed by atoms with Gasteiger partial charge in [-0.1, -0.05) is 56.0 Å². The van der Waals surface area contributed by atoms with E-state index in [4.69, 9.17) is 14.7 Å². The summed E-state index contributed by atoms with van der Waals surface area (Å²) < 4.78 is 7.78. The molecule has 164 valence electrons. The summed E-state index contributed by atoms with van der Waals surface area (Å²) in [5, 5.41) is 0. The molecule has 0 atom stereocenters. The summed E-state index contributed by atoms with van der Waals surface area (Å²) in [4.78, 5) is 10.1. The molecule has 3 nitrogen and oxygen atoms in total. The molecule has 0 aliphatic carbocycles. The predicted octanol–water partition coefficient (Wildman–Crippen LogP) is 8.76. The average Bonchev–Trinajstić information content (AvgIpc) is 2.82. The number of ether oxygens (including phenoxy) is 1. The van der Waals surface area contributed by atoms with Crippen LogP contribution in [0.3, 0.4) is 0 Å². The zero-order chi connectivity index (χ0) is 22.5. The van der Waals surface area contributed by atoms with Crippen LogP contribution in [0.1, 0.15) is 38.2 Å². The maximum atomic E-state index is 5.93. The van der Waals surface area contributed by atoms with Crippen molar-refractivity contribution in [1.29, 1.82) is 0 Å². The molecule has 1 aromatic heterocycles. The normalized spacial score (nSPS) is 11.1. The highest BCUT2D eigenvalue weighted by molar-refractivity contribution is 9.11. The van der Waals surface area contributed by atoms with Crippen molar-refractivity contribution in [3.8, 4) is 28.3 Å². The van der Waals surface area contributed by atoms with Crippen molar-refractivity contribution in [3.63, 3.8) is 0 Å². The molecule has 0 saturated heterocycles. The molecule has 4 rings (SSSR count). The van der Waals surface area contributed by atoms with Gasteiger partial charge in [0.1, 0.15) is 16.8 Å². The van der Waals surface area contributed by atoms with Gasteiger partial charge in [-0.05, 0) is 81.6 Å². The number of aromatic nitrogens is 2. The third kappa shape index (κ3) is 5.21. The Morgan fingerprint density at radius 1 is 0.688 bits per heavy atom. The minimum absolute atomic E-state index is 0.755. The molecule has 0 radical (unpaired) electrons. The SMILES string of the molecule is CCCCCCOc1ccc(-c2nc3c(Br)ccc(Br)c3nc2-c2ccc(C)cc2)cc1. The molecular formula is C27H26Br2N2O. The van der Waals surface area contributed by atoms with Crippen LogP contribution in [-0.4, -0.2) is 16.6 Å². The van der Waals surface area contributed by atoms with Crippen molar-refractivity contribution in [3.05, 3.63) is 75.2 Å². The molecule has 0 saturated carbocycles. The van der Waals surface area contributed by atoms with E-state index in [0.717, 1.165) is 61.3 Å². The van der Waals surface area contributed by atoms with E-state index in [9.17, 15) is 0 Å². The van der Waals surface area contributed by atoms with E-state index in [1.807, 2.05) is 24.3 Å². The molecule has 4 aromatic rings. The van der Waals surface area contributed by atoms with Gasteiger partial charge in [0.05, 0.1) is 18.0 Å². The Bertz CT molecular complexity index is 1210. The highest BCUT2D eigenvalue weighted by Gasteiger charge is 2.16. The van der Waals surface area contributed by atoms with Crippen LogP contribution in [0.2, 0.25) is 0 Å². The number of hydrogen-bond acceptors (Lipinski definition) is 3. The average molecular weight is 554 g/mol. The van der Waals surface area contributed by atoms with E-state index >= 15 is 0 Å². The van der Waals surface area contributed by atoms with Crippen molar-refractivity contribution in [2.45, 2.75) is 39.5 Å². The van der Waals surface area contributed by atoms with Crippen LogP contribution in [0.15, 0.2) is 69.6 Å². The van der Waals surface area contributed by atoms with Crippen LogP contribution >= 0.6 is 31.9 Å². The van der Waals surface area contributed by atoms with Crippen LogP contribution in [0.4, 0.5) is 0 Å². The lowest BCUT2D eigenvalue weighted by molar-refractivity contribution is 0.305. The van der Waals surface area contributed by atoms with Crippen molar-refractivity contribution in [2.24, 2.45) is 0 Å². The van der Waals surface area contributed by atoms with Gasteiger partial charge in [-0.3, -0.25) is 0 Å². The molecule has 0 bridgehead atoms. The monoisotopic (exact) mass is 552 g/mol. The van der Waals surface area contributed by atoms with Crippen LogP contribution in [-0.2, 0) is 0 Å². The van der Waals surface area contributed by atoms with Crippen LogP contribution in [0.25, 0.3) is 33.5 Å². The van der Waals surface area contributed by atoms with Gasteiger partial charge in [0.15, 0.2) is 0 Å². The molecule has 0 N–H and O–H groups in total. The van der Waals surface area contributed by atoms with Gasteiger partial charge in [-0.15, -0.1) is 0 Å². The highest BCUT2D eigenvalue weighted by atomic mass is 79.9. The fourth-order valence-corrected chi connectivity index (χ4v) is 4.43. The Hall–Kier alpha value is -2.24. The Balaban J connectivity index is 1.73. The zero-order valence-electron chi connectivity index (χ0n) is 18.4. The fourth-order valence-electron chi connectivity index (χ4n) is 3.61. The summed E-state index contributed by atoms with van der Waals surface area (Å²) in [6.45, 7) is 5.06. The van der Waals surface area contributed by atoms with Gasteiger partial charge in [-0.2, -0.15) is 0 Å². The Kier molecular flexibility index (Phi) is 7.59. The maximum absolute atomic E-state index is 5.93. The smallest absolute Gasteiger partial charge is 0.119 e. The third-order valence-corrected chi connectivity index (χ3v) is 6.72. The van der Waals surface area contributed by atoms with Gasteiger partial charge in [-0.25, -0.2) is 9.97 Å². The van der Waals surface area contributed by atoms with Crippen molar-refractivity contribution < 1.29 is 4.74 Å². The molecule has 0 spiro atoms. The number of hydrogen-bond donors (Lipinski definition) is 0. The summed E-state index contributed by atoms with van der Waals surface area (Å²) in [5.41, 5.74) is 6.67. The molecule has 1 heterocycles. The van der Waals surface area contributed by atoms with E-state index in [1.54, 1.807) is 0 Å². The topological polar surface area (TPSA) is 35.0 Å². The second-order valence-corrected chi connectivity index (χ2v) is 9.66. The van der Waals surface area contributed by atoms with E-state index in [2.05, 4.69) is 82.1 Å². The molecule has 0 unspecified atom stereocenters. The molecular weight excluding hydrogens is 528 g/mol. The van der Waals surface area contributed by atoms with E-state index in [0.29, 0.717) is 0 Å². The number of nitrogens with zero attached hydrogens (tertiary/aromatic N) is 2. The molecule has 3 aromatic carbocycles. The Labute approximate surface area is 206 Å². The molecule has 0 amide bonds. The summed E-state index contributed by atoms with van der Waals surface area (Å²) >= 11 is 7.28. The Morgan fingerprint density at radius 3 is 1.75 bits per heavy atom. The van der Waals surface area contributed by atoms with Crippen molar-refractivity contribution in [2.75, 3.05) is 6.61 Å². The minimum Gasteiger partial charge on any atom is -0.494 e. The van der Waals surface area contributed by atoms with Gasteiger partial charge in [0.25, 0.3) is 0 Å². The Morgan fingerprint density at radius 2 is 1.22 bits per heavy atom. The largest absolute Gasteiger partial charge is 0.494 e. The number of benzene rings is 3. The van der Waals surface area contributed by atoms with Gasteiger partial charge in [0.2, 0.25) is 0 Å². The number of rotatable bonds is 8. The molecule has 0 aliphatic rings. The zero-order valence-corrected chi connectivity index (χ0v) is 21.5. The second kappa shape index (κ2) is 10.6. The van der Waals surface area contributed by atoms with E-state index < -0.39 is 0 Å². The van der Waals surface area contributed by atoms with E-state index in [-0.39, 0.29) is 0 Å². The van der Waals surface area contributed by atoms with Crippen molar-refractivity contribution in [1.82, 2.24) is 9.97 Å². The standard InChI is InChI=1S/C27H26Br2N2O/c1-3-4-5-6-17-32-21-13-11-20(12-14-21)25-24(19-9-7-18(2)8-10-19)30-26-22(28)15-16-23(29)27(26)31-25/h7-16H,3-6,17H2,1-2H3. The molecule has 5 heteroatoms. The number of unbranched alkanes of at least 4 members (excludes halogenated alkanes) is 3. The van der Waals surface area contributed by atoms with Crippen LogP contribution in [0, 0.1) is 6.92 Å². The summed E-state index contributed by atoms with van der Waals surface area (Å²) in [7, 11) is 0. The van der Waals surface area contributed by atoms with Crippen LogP contribution < -0.4 is 4.74 Å². The number of fused-ring (bicyclic) bond motifs is 1. The summed E-state index contributed by atoms with van der Waals surface area (Å²) in [6, 6.07) is 20.6. The first-order valence-corrected chi connectivity index (χ1v) is 12.6. The van der Waals surface area contributed by atoms with E-state index in [1.165, 1.54) is 24.8 Å². The molecule has 32 heavy (non-hydrogen) atoms. The second-order valence-electron chi connectivity index (χ2n) is 7.95. The van der Waals surface area contributed by atoms with Gasteiger partial charge in [0, 0.05) is 20.1 Å². The fraction of sp³-hybridized carbons (Fsp3) is 0.259. The van der Waals surface area contributed by atoms with Crippen molar-refractivity contribution >= 4 is 42.9 Å². The number of halogens is 2. The lowest BCUT2D eigenvalue weighted by Crippen LogP contribution is -1.98. The first-order valence-electron chi connectivity index (χ1n) is 11.0. The summed E-state index contributed by atoms with van der Waals surface area (Å²) in [6.07, 6.45) is 4.80. The first kappa shape index (κ1) is 22.9. The van der Waals surface area contributed by atoms with Gasteiger partial charge >= 0.3 is 0 Å². The quantitative estimate of drug-likeness (QED) is 0.204. The highest BCUT2D eigenvalue weighted by Crippen LogP contribution is 2.36. The molecule has 0 fully saturated rings. The number of aryl methyl sites for hydroxylation is 1. The third-order valence-electron chi connectivity index (χ3n) is 5.44. The lowest BCUT2D eigenvalue weighted by atomic mass is 10.0. The predicted molar refractivity (Wildman–Crippen MR) is 140 cm³/mol. The van der Waals surface area contributed by atoms with Crippen LogP contribution in [0.5, 0.6) is 5.75 Å². The summed E-state index contributed by atoms with van der Waals surface area (Å²) in [5.74, 6) is 0.889. The minimum atomic E-state index is 0.755. The lowest BCUT2D eigenvalue weighted by Gasteiger charge is -2.13.